The molecule has 1 saturated heterocycles. The molecule has 1 N–H and O–H groups in total. The van der Waals surface area contributed by atoms with Gasteiger partial charge in [-0.05, 0) is 0 Å². The van der Waals surface area contributed by atoms with E-state index in [4.69, 9.17) is 10.4 Å². The molecule has 1 aliphatic heterocycles. The predicted octanol–water partition coefficient (Wildman–Crippen LogP) is 0.781. The second-order valence-electron chi connectivity index (χ2n) is 4.51. The van der Waals surface area contributed by atoms with E-state index in [2.05, 4.69) is 0 Å². The van der Waals surface area contributed by atoms with Crippen molar-refractivity contribution in [1.29, 1.82) is 5.26 Å². The fourth-order valence-corrected chi connectivity index (χ4v) is 1.92. The number of carbonyl (C=O) groups is 1. The molecule has 1 atom stereocenters. The van der Waals surface area contributed by atoms with E-state index in [1.54, 1.807) is 4.90 Å². The van der Waals surface area contributed by atoms with Crippen LogP contribution in [0.3, 0.4) is 0 Å². The summed E-state index contributed by atoms with van der Waals surface area (Å²) >= 11 is 0. The quantitative estimate of drug-likeness (QED) is 0.805. The summed E-state index contributed by atoms with van der Waals surface area (Å²) in [6, 6.07) is 1.28. The molecule has 1 fully saturated rings. The number of nitrogens with zero attached hydrogens (tertiary/aromatic N) is 3. The van der Waals surface area contributed by atoms with Gasteiger partial charge in [-0.15, -0.1) is 0 Å². The Morgan fingerprint density at radius 2 is 1.79 bits per heavy atom. The Morgan fingerprint density at radius 1 is 1.26 bits per heavy atom. The van der Waals surface area contributed by atoms with Crippen LogP contribution in [-0.2, 0) is 4.79 Å². The predicted molar refractivity (Wildman–Crippen MR) is 60.3 cm³/mol. The van der Waals surface area contributed by atoms with Crippen LogP contribution in [0.1, 0.15) is 6.42 Å². The second-order valence-corrected chi connectivity index (χ2v) is 4.51. The molecule has 0 amide bonds. The zero-order valence-corrected chi connectivity index (χ0v) is 10.4. The molecule has 8 heteroatoms. The van der Waals surface area contributed by atoms with E-state index in [1.165, 1.54) is 6.07 Å². The number of hydrogen-bond acceptors (Lipinski definition) is 4. The van der Waals surface area contributed by atoms with Gasteiger partial charge in [0.1, 0.15) is 0 Å². The Kier molecular flexibility index (Phi) is 5.57. The van der Waals surface area contributed by atoms with E-state index < -0.39 is 18.1 Å². The largest absolute Gasteiger partial charge is 0.481 e. The Hall–Kier alpha value is -1.33. The summed E-state index contributed by atoms with van der Waals surface area (Å²) in [7, 11) is 0. The average molecular weight is 279 g/mol. The molecule has 1 aliphatic rings. The molecule has 0 saturated carbocycles. The van der Waals surface area contributed by atoms with Gasteiger partial charge >= 0.3 is 12.1 Å². The van der Waals surface area contributed by atoms with E-state index in [9.17, 15) is 18.0 Å². The Balaban J connectivity index is 2.34. The van der Waals surface area contributed by atoms with Crippen molar-refractivity contribution in [3.8, 4) is 6.07 Å². The highest BCUT2D eigenvalue weighted by atomic mass is 19.4. The number of carboxylic acids is 1. The monoisotopic (exact) mass is 279 g/mol. The molecule has 5 nitrogen and oxygen atoms in total. The first-order valence-corrected chi connectivity index (χ1v) is 5.95. The Morgan fingerprint density at radius 3 is 2.21 bits per heavy atom. The lowest BCUT2D eigenvalue weighted by atomic mass is 10.1. The van der Waals surface area contributed by atoms with E-state index in [0.29, 0.717) is 32.7 Å². The van der Waals surface area contributed by atoms with E-state index >= 15 is 0 Å². The van der Waals surface area contributed by atoms with Gasteiger partial charge in [-0.1, -0.05) is 0 Å². The normalized spacial score (nSPS) is 19.9. The summed E-state index contributed by atoms with van der Waals surface area (Å²) in [6.45, 7) is 2.01. The number of hydrogen-bond donors (Lipinski definition) is 1. The minimum atomic E-state index is -4.49. The summed E-state index contributed by atoms with van der Waals surface area (Å²) in [5.41, 5.74) is 0. The molecule has 0 aromatic rings. The molecule has 0 bridgehead atoms. The van der Waals surface area contributed by atoms with Crippen molar-refractivity contribution in [1.82, 2.24) is 9.80 Å². The minimum Gasteiger partial charge on any atom is -0.481 e. The van der Waals surface area contributed by atoms with Gasteiger partial charge in [-0.3, -0.25) is 9.69 Å². The number of halogens is 3. The van der Waals surface area contributed by atoms with Gasteiger partial charge in [0.05, 0.1) is 12.5 Å². The number of carboxylic acid groups (broad SMARTS) is 1. The first-order chi connectivity index (χ1) is 8.82. The van der Waals surface area contributed by atoms with Crippen LogP contribution in [0.5, 0.6) is 0 Å². The van der Waals surface area contributed by atoms with Crippen molar-refractivity contribution in [3.05, 3.63) is 0 Å². The topological polar surface area (TPSA) is 67.6 Å². The lowest BCUT2D eigenvalue weighted by Gasteiger charge is -2.35. The summed E-state index contributed by atoms with van der Waals surface area (Å²) < 4.78 is 37.3. The molecule has 0 aliphatic carbocycles. The van der Waals surface area contributed by atoms with Crippen molar-refractivity contribution in [2.24, 2.45) is 5.92 Å². The third-order valence-corrected chi connectivity index (χ3v) is 3.10. The molecule has 1 heterocycles. The standard InChI is InChI=1S/C11H16F3N3O2/c12-11(13,14)9(7-15)8-17-5-3-16(4-6-17)2-1-10(18)19/h9H,1-6,8H2,(H,18,19). The number of aliphatic carboxylic acids is 1. The van der Waals surface area contributed by atoms with E-state index in [1.807, 2.05) is 4.90 Å². The van der Waals surface area contributed by atoms with Gasteiger partial charge < -0.3 is 10.0 Å². The molecule has 0 aromatic heterocycles. The van der Waals surface area contributed by atoms with Crippen LogP contribution in [0.15, 0.2) is 0 Å². The number of piperazine rings is 1. The van der Waals surface area contributed by atoms with Crippen LogP contribution < -0.4 is 0 Å². The maximum Gasteiger partial charge on any atom is 0.405 e. The number of alkyl halides is 3. The van der Waals surface area contributed by atoms with Crippen LogP contribution in [0, 0.1) is 17.2 Å². The zero-order chi connectivity index (χ0) is 14.5. The highest BCUT2D eigenvalue weighted by molar-refractivity contribution is 5.66. The van der Waals surface area contributed by atoms with Crippen molar-refractivity contribution in [2.75, 3.05) is 39.3 Å². The van der Waals surface area contributed by atoms with Crippen molar-refractivity contribution >= 4 is 5.97 Å². The van der Waals surface area contributed by atoms with E-state index in [-0.39, 0.29) is 13.0 Å². The maximum atomic E-state index is 12.4. The third kappa shape index (κ3) is 5.44. The van der Waals surface area contributed by atoms with Crippen LogP contribution in [0.2, 0.25) is 0 Å². The average Bonchev–Trinajstić information content (AvgIpc) is 2.33. The van der Waals surface area contributed by atoms with Gasteiger partial charge in [0.15, 0.2) is 5.92 Å². The fraction of sp³-hybridized carbons (Fsp3) is 0.818. The number of rotatable bonds is 5. The highest BCUT2D eigenvalue weighted by Gasteiger charge is 2.41. The summed E-state index contributed by atoms with van der Waals surface area (Å²) in [5, 5.41) is 17.1. The van der Waals surface area contributed by atoms with Crippen molar-refractivity contribution in [2.45, 2.75) is 12.6 Å². The van der Waals surface area contributed by atoms with Gasteiger partial charge in [-0.25, -0.2) is 0 Å². The maximum absolute atomic E-state index is 12.4. The SMILES string of the molecule is N#CC(CN1CCN(CCC(=O)O)CC1)C(F)(F)F. The molecule has 0 spiro atoms. The van der Waals surface area contributed by atoms with Gasteiger partial charge in [0.25, 0.3) is 0 Å². The summed E-state index contributed by atoms with van der Waals surface area (Å²) in [6.07, 6.45) is -4.46. The Labute approximate surface area is 109 Å². The van der Waals surface area contributed by atoms with Crippen LogP contribution in [-0.4, -0.2) is 66.3 Å². The third-order valence-electron chi connectivity index (χ3n) is 3.10. The van der Waals surface area contributed by atoms with E-state index in [0.717, 1.165) is 0 Å². The van der Waals surface area contributed by atoms with Crippen LogP contribution >= 0.6 is 0 Å². The highest BCUT2D eigenvalue weighted by Crippen LogP contribution is 2.26. The van der Waals surface area contributed by atoms with Crippen molar-refractivity contribution < 1.29 is 23.1 Å². The molecule has 19 heavy (non-hydrogen) atoms. The second kappa shape index (κ2) is 6.73. The number of nitriles is 1. The molecular weight excluding hydrogens is 263 g/mol. The smallest absolute Gasteiger partial charge is 0.405 e. The minimum absolute atomic E-state index is 0.0311. The first kappa shape index (κ1) is 15.7. The lowest BCUT2D eigenvalue weighted by molar-refractivity contribution is -0.164. The fourth-order valence-electron chi connectivity index (χ4n) is 1.92. The van der Waals surface area contributed by atoms with Crippen molar-refractivity contribution in [3.63, 3.8) is 0 Å². The zero-order valence-electron chi connectivity index (χ0n) is 10.4. The van der Waals surface area contributed by atoms with Gasteiger partial charge in [0, 0.05) is 39.3 Å². The molecule has 0 radical (unpaired) electrons. The molecule has 0 aromatic carbocycles. The Bertz CT molecular complexity index is 346. The summed E-state index contributed by atoms with van der Waals surface area (Å²) in [4.78, 5) is 13.9. The molecule has 108 valence electrons. The van der Waals surface area contributed by atoms with Gasteiger partial charge in [0.2, 0.25) is 0 Å². The molecule has 1 rings (SSSR count). The van der Waals surface area contributed by atoms with Gasteiger partial charge in [-0.2, -0.15) is 18.4 Å². The van der Waals surface area contributed by atoms with Crippen LogP contribution in [0.25, 0.3) is 0 Å². The molecule has 1 unspecified atom stereocenters. The molecular formula is C11H16F3N3O2. The lowest BCUT2D eigenvalue weighted by Crippen LogP contribution is -2.49. The van der Waals surface area contributed by atoms with Crippen LogP contribution in [0.4, 0.5) is 13.2 Å². The summed E-state index contributed by atoms with van der Waals surface area (Å²) in [5.74, 6) is -2.85. The first-order valence-electron chi connectivity index (χ1n) is 5.95.